The Kier molecular flexibility index (Phi) is 5.68. The number of benzene rings is 2. The monoisotopic (exact) mass is 410 g/mol. The zero-order valence-electron chi connectivity index (χ0n) is 17.7. The third kappa shape index (κ3) is 3.87. The molecule has 0 saturated carbocycles. The van der Waals surface area contributed by atoms with Crippen LogP contribution >= 0.6 is 0 Å². The normalized spacial score (nSPS) is 22.0. The van der Waals surface area contributed by atoms with Gasteiger partial charge in [0, 0.05) is 11.6 Å². The number of ketones is 1. The van der Waals surface area contributed by atoms with Gasteiger partial charge in [0.05, 0.1) is 38.4 Å². The van der Waals surface area contributed by atoms with Crippen LogP contribution in [0, 0.1) is 5.92 Å². The largest absolute Gasteiger partial charge is 0.507 e. The Hall–Kier alpha value is -2.99. The van der Waals surface area contributed by atoms with Gasteiger partial charge >= 0.3 is 0 Å². The maximum absolute atomic E-state index is 13.0. The lowest BCUT2D eigenvalue weighted by Gasteiger charge is -2.27. The summed E-state index contributed by atoms with van der Waals surface area (Å²) in [5.41, 5.74) is 1.91. The van der Waals surface area contributed by atoms with Crippen LogP contribution in [0.25, 0.3) is 6.08 Å². The van der Waals surface area contributed by atoms with Gasteiger partial charge in [-0.2, -0.15) is 0 Å². The Labute approximate surface area is 176 Å². The lowest BCUT2D eigenvalue weighted by atomic mass is 9.98. The number of nitrogens with one attached hydrogen (secondary N) is 1. The van der Waals surface area contributed by atoms with Gasteiger partial charge < -0.3 is 24.2 Å². The molecule has 6 nitrogen and oxygen atoms in total. The van der Waals surface area contributed by atoms with Crippen LogP contribution in [0.5, 0.6) is 23.0 Å². The number of piperidine rings is 1. The highest BCUT2D eigenvalue weighted by molar-refractivity contribution is 6.15. The Morgan fingerprint density at radius 1 is 1.17 bits per heavy atom. The summed E-state index contributed by atoms with van der Waals surface area (Å²) >= 11 is 0. The predicted molar refractivity (Wildman–Crippen MR) is 113 cm³/mol. The standard InChI is InChI=1S/C24H27NO5/c1-15-8-10-25(11-9-15)14-19-20(26)7-6-18-23(27)22(30-24(18)19)12-16-4-5-17(28-2)13-21(16)29-3/h4-7,12-13,15,26H,8-11,14H2,1-3H3/p+1. The number of hydrogen-bond donors (Lipinski definition) is 2. The Balaban J connectivity index is 1.64. The van der Waals surface area contributed by atoms with Crippen LogP contribution in [-0.2, 0) is 6.54 Å². The summed E-state index contributed by atoms with van der Waals surface area (Å²) in [6, 6.07) is 8.62. The van der Waals surface area contributed by atoms with E-state index in [0.29, 0.717) is 34.9 Å². The van der Waals surface area contributed by atoms with Crippen LogP contribution in [0.1, 0.15) is 41.3 Å². The fourth-order valence-electron chi connectivity index (χ4n) is 4.14. The van der Waals surface area contributed by atoms with E-state index in [9.17, 15) is 9.90 Å². The first-order valence-corrected chi connectivity index (χ1v) is 10.3. The maximum atomic E-state index is 13.0. The fraction of sp³-hybridized carbons (Fsp3) is 0.375. The summed E-state index contributed by atoms with van der Waals surface area (Å²) < 4.78 is 16.7. The minimum Gasteiger partial charge on any atom is -0.507 e. The van der Waals surface area contributed by atoms with Gasteiger partial charge in [0.2, 0.25) is 5.78 Å². The van der Waals surface area contributed by atoms with Crippen molar-refractivity contribution in [1.82, 2.24) is 0 Å². The van der Waals surface area contributed by atoms with Crippen molar-refractivity contribution in [2.75, 3.05) is 27.3 Å². The highest BCUT2D eigenvalue weighted by Gasteiger charge is 2.33. The number of hydrogen-bond acceptors (Lipinski definition) is 5. The van der Waals surface area contributed by atoms with Crippen molar-refractivity contribution in [3.63, 3.8) is 0 Å². The van der Waals surface area contributed by atoms with Crippen molar-refractivity contribution >= 4 is 11.9 Å². The van der Waals surface area contributed by atoms with Crippen LogP contribution in [0.4, 0.5) is 0 Å². The molecule has 2 aromatic rings. The topological polar surface area (TPSA) is 69.4 Å². The van der Waals surface area contributed by atoms with Crippen molar-refractivity contribution in [2.24, 2.45) is 5.92 Å². The van der Waals surface area contributed by atoms with Gasteiger partial charge in [-0.25, -0.2) is 0 Å². The van der Waals surface area contributed by atoms with E-state index in [0.717, 1.165) is 24.6 Å². The highest BCUT2D eigenvalue weighted by atomic mass is 16.5. The zero-order chi connectivity index (χ0) is 21.3. The summed E-state index contributed by atoms with van der Waals surface area (Å²) in [7, 11) is 3.16. The molecule has 0 atom stereocenters. The van der Waals surface area contributed by atoms with E-state index in [4.69, 9.17) is 14.2 Å². The summed E-state index contributed by atoms with van der Waals surface area (Å²) in [5, 5.41) is 10.5. The summed E-state index contributed by atoms with van der Waals surface area (Å²) in [6.45, 7) is 5.04. The molecule has 0 unspecified atom stereocenters. The average molecular weight is 410 g/mol. The first-order chi connectivity index (χ1) is 14.5. The molecule has 0 aromatic heterocycles. The average Bonchev–Trinajstić information content (AvgIpc) is 3.07. The number of likely N-dealkylation sites (tertiary alicyclic amines) is 1. The van der Waals surface area contributed by atoms with Gasteiger partial charge in [-0.05, 0) is 49.1 Å². The Bertz CT molecular complexity index is 989. The molecule has 1 saturated heterocycles. The smallest absolute Gasteiger partial charge is 0.231 e. The number of aromatic hydroxyl groups is 1. The Morgan fingerprint density at radius 2 is 1.93 bits per heavy atom. The molecule has 0 amide bonds. The van der Waals surface area contributed by atoms with E-state index in [2.05, 4.69) is 6.92 Å². The van der Waals surface area contributed by atoms with Crippen molar-refractivity contribution in [3.8, 4) is 23.0 Å². The maximum Gasteiger partial charge on any atom is 0.231 e. The zero-order valence-corrected chi connectivity index (χ0v) is 17.7. The number of methoxy groups -OCH3 is 2. The second-order valence-electron chi connectivity index (χ2n) is 8.10. The number of carbonyl (C=O) groups is 1. The first-order valence-electron chi connectivity index (χ1n) is 10.3. The molecule has 6 heteroatoms. The SMILES string of the molecule is COc1ccc(C=C2Oc3c(ccc(O)c3C[NH+]3CCC(C)CC3)C2=O)c(OC)c1. The number of ether oxygens (including phenoxy) is 3. The fourth-order valence-corrected chi connectivity index (χ4v) is 4.14. The number of quaternary nitrogens is 1. The van der Waals surface area contributed by atoms with E-state index >= 15 is 0 Å². The highest BCUT2D eigenvalue weighted by Crippen LogP contribution is 2.40. The van der Waals surface area contributed by atoms with Gasteiger partial charge in [-0.1, -0.05) is 6.92 Å². The lowest BCUT2D eigenvalue weighted by molar-refractivity contribution is -0.919. The van der Waals surface area contributed by atoms with Crippen molar-refractivity contribution in [1.29, 1.82) is 0 Å². The van der Waals surface area contributed by atoms with Crippen LogP contribution in [-0.4, -0.2) is 38.2 Å². The van der Waals surface area contributed by atoms with Crippen LogP contribution in [0.2, 0.25) is 0 Å². The molecule has 2 aliphatic rings. The first kappa shape index (κ1) is 20.3. The molecular formula is C24H28NO5+. The van der Waals surface area contributed by atoms with E-state index in [1.165, 1.54) is 17.7 Å². The second-order valence-corrected chi connectivity index (χ2v) is 8.10. The molecule has 2 aromatic carbocycles. The second kappa shape index (κ2) is 8.40. The van der Waals surface area contributed by atoms with E-state index in [1.54, 1.807) is 44.6 Å². The molecule has 4 rings (SSSR count). The van der Waals surface area contributed by atoms with Crippen LogP contribution in [0.15, 0.2) is 36.1 Å². The van der Waals surface area contributed by atoms with Gasteiger partial charge in [0.1, 0.15) is 23.8 Å². The van der Waals surface area contributed by atoms with Crippen molar-refractivity contribution < 1.29 is 29.0 Å². The molecule has 0 aliphatic carbocycles. The van der Waals surface area contributed by atoms with Crippen LogP contribution in [0.3, 0.4) is 0 Å². The summed E-state index contributed by atoms with van der Waals surface area (Å²) in [5.74, 6) is 2.69. The molecule has 158 valence electrons. The molecule has 0 spiro atoms. The number of allylic oxidation sites excluding steroid dienone is 1. The number of carbonyl (C=O) groups excluding carboxylic acids is 1. The quantitative estimate of drug-likeness (QED) is 0.742. The predicted octanol–water partition coefficient (Wildman–Crippen LogP) is 2.84. The molecule has 0 radical (unpaired) electrons. The summed E-state index contributed by atoms with van der Waals surface area (Å²) in [6.07, 6.45) is 4.03. The van der Waals surface area contributed by atoms with Gasteiger partial charge in [-0.15, -0.1) is 0 Å². The third-order valence-electron chi connectivity index (χ3n) is 6.05. The third-order valence-corrected chi connectivity index (χ3v) is 6.05. The number of fused-ring (bicyclic) bond motifs is 1. The molecule has 0 bridgehead atoms. The van der Waals surface area contributed by atoms with E-state index in [1.807, 2.05) is 6.07 Å². The molecule has 2 N–H and O–H groups in total. The van der Waals surface area contributed by atoms with Gasteiger partial charge in [0.15, 0.2) is 11.5 Å². The number of Topliss-reactive ketones (excluding diaryl/α,β-unsaturated/α-hetero) is 1. The number of phenolic OH excluding ortho intramolecular Hbond substituents is 1. The van der Waals surface area contributed by atoms with E-state index in [-0.39, 0.29) is 17.3 Å². The van der Waals surface area contributed by atoms with Crippen molar-refractivity contribution in [3.05, 3.63) is 52.8 Å². The minimum absolute atomic E-state index is 0.177. The molecular weight excluding hydrogens is 382 g/mol. The lowest BCUT2D eigenvalue weighted by Crippen LogP contribution is -3.11. The Morgan fingerprint density at radius 3 is 2.63 bits per heavy atom. The molecule has 2 aliphatic heterocycles. The van der Waals surface area contributed by atoms with Gasteiger partial charge in [0.25, 0.3) is 0 Å². The van der Waals surface area contributed by atoms with Crippen LogP contribution < -0.4 is 19.1 Å². The summed E-state index contributed by atoms with van der Waals surface area (Å²) in [4.78, 5) is 14.4. The number of phenols is 1. The molecule has 30 heavy (non-hydrogen) atoms. The number of rotatable bonds is 5. The minimum atomic E-state index is -0.189. The van der Waals surface area contributed by atoms with Gasteiger partial charge in [-0.3, -0.25) is 4.79 Å². The van der Waals surface area contributed by atoms with Crippen molar-refractivity contribution in [2.45, 2.75) is 26.3 Å². The molecule has 1 fully saturated rings. The molecule has 2 heterocycles. The van der Waals surface area contributed by atoms with E-state index < -0.39 is 0 Å².